The molecule has 0 aliphatic carbocycles. The summed E-state index contributed by atoms with van der Waals surface area (Å²) in [4.78, 5) is 33.7. The normalized spacial score (nSPS) is 11.0. The lowest BCUT2D eigenvalue weighted by molar-refractivity contribution is -0.112. The zero-order valence-electron chi connectivity index (χ0n) is 15.6. The van der Waals surface area contributed by atoms with Gasteiger partial charge in [0.1, 0.15) is 21.6 Å². The van der Waals surface area contributed by atoms with E-state index in [2.05, 4.69) is 15.3 Å². The van der Waals surface area contributed by atoms with Crippen LogP contribution in [0.25, 0.3) is 11.0 Å². The van der Waals surface area contributed by atoms with Crippen molar-refractivity contribution in [2.75, 3.05) is 5.32 Å². The number of carbonyl (C=O) groups is 2. The van der Waals surface area contributed by atoms with Crippen LogP contribution < -0.4 is 5.32 Å². The van der Waals surface area contributed by atoms with Gasteiger partial charge in [0.25, 0.3) is 11.7 Å². The maximum absolute atomic E-state index is 13.2. The van der Waals surface area contributed by atoms with Crippen LogP contribution in [0.5, 0.6) is 0 Å². The first-order valence-electron chi connectivity index (χ1n) is 8.88. The zero-order valence-corrected chi connectivity index (χ0v) is 17.8. The quantitative estimate of drug-likeness (QED) is 0.237. The number of ketones is 1. The molecule has 3 aromatic heterocycles. The molecule has 0 bridgehead atoms. The number of Topliss-reactive ketones (excluding diaryl/α,β-unsaturated/α-hetero) is 1. The van der Waals surface area contributed by atoms with E-state index in [1.807, 2.05) is 0 Å². The van der Waals surface area contributed by atoms with E-state index in [9.17, 15) is 14.0 Å². The number of amides is 1. The Labute approximate surface area is 190 Å². The average molecular weight is 478 g/mol. The molecule has 0 atom stereocenters. The van der Waals surface area contributed by atoms with Gasteiger partial charge in [-0.2, -0.15) is 0 Å². The van der Waals surface area contributed by atoms with Gasteiger partial charge in [-0.05, 0) is 29.8 Å². The lowest BCUT2D eigenvalue weighted by Crippen LogP contribution is -2.23. The number of hydrogen-bond acceptors (Lipinski definition) is 4. The molecule has 6 nitrogen and oxygen atoms in total. The Morgan fingerprint density at radius 1 is 1.06 bits per heavy atom. The van der Waals surface area contributed by atoms with Crippen molar-refractivity contribution in [2.45, 2.75) is 6.54 Å². The van der Waals surface area contributed by atoms with Crippen molar-refractivity contribution in [3.63, 3.8) is 0 Å². The van der Waals surface area contributed by atoms with Gasteiger partial charge in [0.05, 0.1) is 16.3 Å². The molecule has 10 heteroatoms. The summed E-state index contributed by atoms with van der Waals surface area (Å²) in [5, 5.41) is 2.80. The molecule has 0 saturated carbocycles. The molecule has 0 spiro atoms. The van der Waals surface area contributed by atoms with Crippen molar-refractivity contribution in [3.05, 3.63) is 87.1 Å². The highest BCUT2D eigenvalue weighted by Gasteiger charge is 2.24. The minimum absolute atomic E-state index is 0.00476. The molecule has 0 aliphatic rings. The van der Waals surface area contributed by atoms with Crippen LogP contribution in [0.4, 0.5) is 10.1 Å². The minimum atomic E-state index is -0.948. The van der Waals surface area contributed by atoms with E-state index in [0.29, 0.717) is 17.6 Å². The van der Waals surface area contributed by atoms with E-state index >= 15 is 0 Å². The number of hydrogen-bond donors (Lipinski definition) is 1. The molecule has 0 radical (unpaired) electrons. The maximum atomic E-state index is 13.2. The van der Waals surface area contributed by atoms with Crippen molar-refractivity contribution in [1.29, 1.82) is 0 Å². The van der Waals surface area contributed by atoms with Crippen LogP contribution >= 0.6 is 34.8 Å². The summed E-state index contributed by atoms with van der Waals surface area (Å²) in [6.07, 6.45) is 4.33. The Balaban J connectivity index is 1.68. The third-order valence-corrected chi connectivity index (χ3v) is 5.56. The highest BCUT2D eigenvalue weighted by atomic mass is 35.5. The van der Waals surface area contributed by atoms with E-state index < -0.39 is 11.7 Å². The van der Waals surface area contributed by atoms with E-state index in [-0.39, 0.29) is 32.3 Å². The molecule has 3 heterocycles. The number of nitrogens with zero attached hydrogens (tertiary/aromatic N) is 3. The predicted octanol–water partition coefficient (Wildman–Crippen LogP) is 5.40. The second-order valence-corrected chi connectivity index (χ2v) is 7.68. The topological polar surface area (TPSA) is 76.9 Å². The molecule has 0 aliphatic heterocycles. The molecule has 0 saturated heterocycles. The summed E-state index contributed by atoms with van der Waals surface area (Å²) >= 11 is 17.9. The lowest BCUT2D eigenvalue weighted by Gasteiger charge is -2.09. The molecule has 156 valence electrons. The first kappa shape index (κ1) is 21.2. The molecule has 1 aromatic carbocycles. The van der Waals surface area contributed by atoms with Gasteiger partial charge in [0.2, 0.25) is 0 Å². The van der Waals surface area contributed by atoms with Gasteiger partial charge in [-0.15, -0.1) is 0 Å². The fraction of sp³-hybridized carbons (Fsp3) is 0.0476. The van der Waals surface area contributed by atoms with Crippen molar-refractivity contribution >= 4 is 63.2 Å². The summed E-state index contributed by atoms with van der Waals surface area (Å²) < 4.78 is 14.9. The monoisotopic (exact) mass is 476 g/mol. The number of pyridine rings is 2. The van der Waals surface area contributed by atoms with Gasteiger partial charge in [-0.1, -0.05) is 46.9 Å². The highest BCUT2D eigenvalue weighted by Crippen LogP contribution is 2.34. The Morgan fingerprint density at radius 2 is 1.81 bits per heavy atom. The van der Waals surface area contributed by atoms with Crippen molar-refractivity contribution in [1.82, 2.24) is 14.5 Å². The average Bonchev–Trinajstić information content (AvgIpc) is 3.13. The summed E-state index contributed by atoms with van der Waals surface area (Å²) in [6, 6.07) is 9.32. The zero-order chi connectivity index (χ0) is 22.1. The number of benzene rings is 1. The standard InChI is InChI=1S/C21H12Cl3FN4O2/c22-15-8-27-19(24)16(23)17(15)28-21(31)18(30)14-10-29(20-13(14)2-1-7-26-20)9-11-3-5-12(25)6-4-11/h1-8,10H,9H2,(H,27,28,31). The summed E-state index contributed by atoms with van der Waals surface area (Å²) in [7, 11) is 0. The van der Waals surface area contributed by atoms with Crippen LogP contribution in [0.3, 0.4) is 0 Å². The van der Waals surface area contributed by atoms with Crippen LogP contribution in [-0.2, 0) is 11.3 Å². The highest BCUT2D eigenvalue weighted by molar-refractivity contribution is 6.51. The Morgan fingerprint density at radius 3 is 2.55 bits per heavy atom. The molecule has 4 rings (SSSR count). The van der Waals surface area contributed by atoms with E-state index in [4.69, 9.17) is 34.8 Å². The molecule has 0 unspecified atom stereocenters. The first-order valence-corrected chi connectivity index (χ1v) is 10.0. The second kappa shape index (κ2) is 8.63. The van der Waals surface area contributed by atoms with Gasteiger partial charge in [-0.3, -0.25) is 9.59 Å². The molecule has 4 aromatic rings. The molecule has 0 fully saturated rings. The van der Waals surface area contributed by atoms with E-state index in [1.54, 1.807) is 35.0 Å². The van der Waals surface area contributed by atoms with Gasteiger partial charge in [0, 0.05) is 30.5 Å². The van der Waals surface area contributed by atoms with Crippen LogP contribution in [0, 0.1) is 5.82 Å². The maximum Gasteiger partial charge on any atom is 0.296 e. The van der Waals surface area contributed by atoms with Crippen molar-refractivity contribution < 1.29 is 14.0 Å². The number of fused-ring (bicyclic) bond motifs is 1. The smallest absolute Gasteiger partial charge is 0.296 e. The van der Waals surface area contributed by atoms with Gasteiger partial charge in [-0.25, -0.2) is 14.4 Å². The molecular formula is C21H12Cl3FN4O2. The third-order valence-electron chi connectivity index (χ3n) is 4.52. The van der Waals surface area contributed by atoms with Gasteiger partial charge in [0.15, 0.2) is 0 Å². The van der Waals surface area contributed by atoms with Crippen molar-refractivity contribution in [3.8, 4) is 0 Å². The molecule has 1 N–H and O–H groups in total. The van der Waals surface area contributed by atoms with E-state index in [0.717, 1.165) is 5.56 Å². The van der Waals surface area contributed by atoms with Crippen molar-refractivity contribution in [2.24, 2.45) is 0 Å². The summed E-state index contributed by atoms with van der Waals surface area (Å²) in [5.74, 6) is -2.10. The van der Waals surface area contributed by atoms with Gasteiger partial charge < -0.3 is 9.88 Å². The Bertz CT molecular complexity index is 1320. The first-order chi connectivity index (χ1) is 14.8. The third kappa shape index (κ3) is 4.25. The SMILES string of the molecule is O=C(Nc1c(Cl)cnc(Cl)c1Cl)C(=O)c1cn(Cc2ccc(F)cc2)c2ncccc12. The van der Waals surface area contributed by atoms with Crippen LogP contribution in [0.1, 0.15) is 15.9 Å². The number of nitrogens with one attached hydrogen (secondary N) is 1. The number of halogens is 4. The lowest BCUT2D eigenvalue weighted by atomic mass is 10.1. The molecule has 31 heavy (non-hydrogen) atoms. The predicted molar refractivity (Wildman–Crippen MR) is 117 cm³/mol. The second-order valence-electron chi connectivity index (χ2n) is 6.54. The summed E-state index contributed by atoms with van der Waals surface area (Å²) in [5.41, 5.74) is 1.45. The number of rotatable bonds is 5. The Kier molecular flexibility index (Phi) is 5.91. The number of aromatic nitrogens is 3. The fourth-order valence-electron chi connectivity index (χ4n) is 3.06. The largest absolute Gasteiger partial charge is 0.327 e. The summed E-state index contributed by atoms with van der Waals surface area (Å²) in [6.45, 7) is 0.334. The van der Waals surface area contributed by atoms with E-state index in [1.165, 1.54) is 24.5 Å². The van der Waals surface area contributed by atoms with Crippen LogP contribution in [0.2, 0.25) is 15.2 Å². The molecular weight excluding hydrogens is 466 g/mol. The molecule has 1 amide bonds. The minimum Gasteiger partial charge on any atom is -0.327 e. The van der Waals surface area contributed by atoms with Crippen LogP contribution in [0.15, 0.2) is 55.0 Å². The fourth-order valence-corrected chi connectivity index (χ4v) is 3.64. The Hall–Kier alpha value is -3.00. The number of anilines is 1. The number of carbonyl (C=O) groups excluding carboxylic acids is 2. The van der Waals surface area contributed by atoms with Crippen LogP contribution in [-0.4, -0.2) is 26.2 Å². The van der Waals surface area contributed by atoms with Gasteiger partial charge >= 0.3 is 0 Å².